The van der Waals surface area contributed by atoms with Crippen LogP contribution in [-0.2, 0) is 0 Å². The Morgan fingerprint density at radius 2 is 0.778 bits per heavy atom. The molecule has 0 heterocycles. The van der Waals surface area contributed by atoms with Crippen molar-refractivity contribution in [3.63, 3.8) is 0 Å². The highest BCUT2D eigenvalue weighted by Gasteiger charge is 1.99. The van der Waals surface area contributed by atoms with Crippen LogP contribution in [0.4, 0.5) is 0 Å². The van der Waals surface area contributed by atoms with Crippen LogP contribution < -0.4 is 0 Å². The molecular formula is C12H6Br6. The standard InChI is InChI=1S/C12H6Br6/c13-10(14)4-7-1-8(5-11(15)16)3-9(2-7)6-12(17)18/h1-6H. The Morgan fingerprint density at radius 3 is 0.944 bits per heavy atom. The van der Waals surface area contributed by atoms with Crippen LogP contribution in [0.15, 0.2) is 28.4 Å². The third kappa shape index (κ3) is 7.20. The van der Waals surface area contributed by atoms with Crippen LogP contribution >= 0.6 is 95.6 Å². The van der Waals surface area contributed by atoms with Gasteiger partial charge < -0.3 is 0 Å². The van der Waals surface area contributed by atoms with Gasteiger partial charge in [-0.25, -0.2) is 0 Å². The molecule has 1 rings (SSSR count). The maximum absolute atomic E-state index is 3.37. The summed E-state index contributed by atoms with van der Waals surface area (Å²) in [6.07, 6.45) is 6.00. The van der Waals surface area contributed by atoms with E-state index in [0.717, 1.165) is 26.9 Å². The van der Waals surface area contributed by atoms with E-state index in [4.69, 9.17) is 0 Å². The minimum atomic E-state index is 0.905. The fourth-order valence-electron chi connectivity index (χ4n) is 1.33. The van der Waals surface area contributed by atoms with Crippen LogP contribution in [0.5, 0.6) is 0 Å². The number of hydrogen-bond acceptors (Lipinski definition) is 0. The number of benzene rings is 1. The van der Waals surface area contributed by atoms with Gasteiger partial charge in [0, 0.05) is 0 Å². The van der Waals surface area contributed by atoms with Crippen LogP contribution in [0.1, 0.15) is 16.7 Å². The monoisotopic (exact) mass is 624 g/mol. The lowest BCUT2D eigenvalue weighted by atomic mass is 10.1. The average Bonchev–Trinajstić information content (AvgIpc) is 2.12. The van der Waals surface area contributed by atoms with E-state index in [9.17, 15) is 0 Å². The molecule has 0 saturated carbocycles. The first-order valence-electron chi connectivity index (χ1n) is 4.60. The van der Waals surface area contributed by atoms with Gasteiger partial charge >= 0.3 is 0 Å². The second kappa shape index (κ2) is 8.57. The maximum Gasteiger partial charge on any atom is 0.0610 e. The number of rotatable bonds is 3. The predicted octanol–water partition coefficient (Wildman–Crippen LogP) is 7.95. The minimum Gasteiger partial charge on any atom is -0.0475 e. The van der Waals surface area contributed by atoms with Gasteiger partial charge in [0.25, 0.3) is 0 Å². The van der Waals surface area contributed by atoms with E-state index in [0.29, 0.717) is 0 Å². The molecule has 0 unspecified atom stereocenters. The van der Waals surface area contributed by atoms with Gasteiger partial charge in [-0.2, -0.15) is 0 Å². The summed E-state index contributed by atoms with van der Waals surface area (Å²) in [5.74, 6) is 0. The molecule has 0 bridgehead atoms. The largest absolute Gasteiger partial charge is 0.0610 e. The first-order valence-corrected chi connectivity index (χ1v) is 9.36. The van der Waals surface area contributed by atoms with E-state index >= 15 is 0 Å². The molecule has 0 atom stereocenters. The fourth-order valence-corrected chi connectivity index (χ4v) is 2.92. The molecule has 18 heavy (non-hydrogen) atoms. The topological polar surface area (TPSA) is 0 Å². The Bertz CT molecular complexity index is 427. The van der Waals surface area contributed by atoms with Crippen LogP contribution in [0.3, 0.4) is 0 Å². The van der Waals surface area contributed by atoms with Crippen molar-refractivity contribution in [3.8, 4) is 0 Å². The number of halogens is 6. The Balaban J connectivity index is 3.33. The third-order valence-electron chi connectivity index (χ3n) is 1.83. The fraction of sp³-hybridized carbons (Fsp3) is 0. The first-order chi connectivity index (χ1) is 8.36. The summed E-state index contributed by atoms with van der Waals surface area (Å²) in [5.41, 5.74) is 3.30. The van der Waals surface area contributed by atoms with E-state index in [-0.39, 0.29) is 0 Å². The molecule has 0 aliphatic rings. The predicted molar refractivity (Wildman–Crippen MR) is 104 cm³/mol. The van der Waals surface area contributed by atoms with E-state index in [1.807, 2.05) is 18.2 Å². The lowest BCUT2D eigenvalue weighted by Gasteiger charge is -2.02. The van der Waals surface area contributed by atoms with E-state index in [2.05, 4.69) is 114 Å². The van der Waals surface area contributed by atoms with Gasteiger partial charge in [0.1, 0.15) is 0 Å². The molecule has 0 aliphatic carbocycles. The minimum absolute atomic E-state index is 0.905. The lowest BCUT2D eigenvalue weighted by Crippen LogP contribution is -1.81. The van der Waals surface area contributed by atoms with Crippen molar-refractivity contribution in [1.82, 2.24) is 0 Å². The highest BCUT2D eigenvalue weighted by molar-refractivity contribution is 9.29. The zero-order chi connectivity index (χ0) is 13.7. The van der Waals surface area contributed by atoms with Crippen molar-refractivity contribution < 1.29 is 0 Å². The average molecular weight is 630 g/mol. The summed E-state index contributed by atoms with van der Waals surface area (Å²) < 4.78 is 2.71. The van der Waals surface area contributed by atoms with Crippen molar-refractivity contribution in [2.24, 2.45) is 0 Å². The summed E-state index contributed by atoms with van der Waals surface area (Å²) >= 11 is 20.2. The van der Waals surface area contributed by atoms with Crippen molar-refractivity contribution >= 4 is 114 Å². The van der Waals surface area contributed by atoms with Gasteiger partial charge in [-0.3, -0.25) is 0 Å². The van der Waals surface area contributed by atoms with E-state index in [1.54, 1.807) is 0 Å². The molecule has 0 spiro atoms. The Kier molecular flexibility index (Phi) is 8.27. The molecule has 0 nitrogen and oxygen atoms in total. The molecule has 96 valence electrons. The Labute approximate surface area is 157 Å². The highest BCUT2D eigenvalue weighted by Crippen LogP contribution is 2.26. The van der Waals surface area contributed by atoms with Gasteiger partial charge in [0.05, 0.1) is 10.2 Å². The van der Waals surface area contributed by atoms with Crippen molar-refractivity contribution in [2.75, 3.05) is 0 Å². The molecule has 1 aromatic carbocycles. The molecule has 0 saturated heterocycles. The second-order valence-electron chi connectivity index (χ2n) is 3.23. The third-order valence-corrected chi connectivity index (χ3v) is 3.20. The van der Waals surface area contributed by atoms with Gasteiger partial charge in [0.15, 0.2) is 0 Å². The molecule has 0 aromatic heterocycles. The van der Waals surface area contributed by atoms with Gasteiger partial charge in [-0.1, -0.05) is 0 Å². The molecule has 0 fully saturated rings. The number of hydrogen-bond donors (Lipinski definition) is 0. The first kappa shape index (κ1) is 17.4. The SMILES string of the molecule is BrC(Br)=Cc1cc(C=C(Br)Br)cc(C=C(Br)Br)c1. The zero-order valence-corrected chi connectivity index (χ0v) is 18.2. The van der Waals surface area contributed by atoms with Gasteiger partial charge in [-0.15, -0.1) is 0 Å². The summed E-state index contributed by atoms with van der Waals surface area (Å²) in [7, 11) is 0. The van der Waals surface area contributed by atoms with Crippen molar-refractivity contribution in [2.45, 2.75) is 0 Å². The van der Waals surface area contributed by atoms with Crippen LogP contribution in [0.25, 0.3) is 18.2 Å². The molecule has 1 aromatic rings. The van der Waals surface area contributed by atoms with Gasteiger partial charge in [0.2, 0.25) is 0 Å². The van der Waals surface area contributed by atoms with Gasteiger partial charge in [-0.05, 0) is 149 Å². The quantitative estimate of drug-likeness (QED) is 0.319. The molecule has 0 amide bonds. The summed E-state index contributed by atoms with van der Waals surface area (Å²) in [5, 5.41) is 0. The van der Waals surface area contributed by atoms with E-state index < -0.39 is 0 Å². The molecule has 0 radical (unpaired) electrons. The molecular weight excluding hydrogens is 624 g/mol. The summed E-state index contributed by atoms with van der Waals surface area (Å²) in [6, 6.07) is 6.26. The molecule has 0 aliphatic heterocycles. The molecule has 0 N–H and O–H groups in total. The Morgan fingerprint density at radius 1 is 0.556 bits per heavy atom. The van der Waals surface area contributed by atoms with Crippen LogP contribution in [0, 0.1) is 0 Å². The van der Waals surface area contributed by atoms with E-state index in [1.165, 1.54) is 0 Å². The van der Waals surface area contributed by atoms with Crippen molar-refractivity contribution in [1.29, 1.82) is 0 Å². The Hall–Kier alpha value is 1.32. The lowest BCUT2D eigenvalue weighted by molar-refractivity contribution is 1.59. The molecule has 6 heteroatoms. The van der Waals surface area contributed by atoms with Crippen LogP contribution in [0.2, 0.25) is 0 Å². The summed E-state index contributed by atoms with van der Waals surface area (Å²) in [6.45, 7) is 0. The smallest absolute Gasteiger partial charge is 0.0475 e. The summed E-state index contributed by atoms with van der Waals surface area (Å²) in [4.78, 5) is 0. The highest BCUT2D eigenvalue weighted by atomic mass is 79.9. The van der Waals surface area contributed by atoms with Crippen LogP contribution in [-0.4, -0.2) is 0 Å². The second-order valence-corrected chi connectivity index (χ2v) is 11.6. The van der Waals surface area contributed by atoms with Crippen molar-refractivity contribution in [3.05, 3.63) is 45.1 Å². The zero-order valence-electron chi connectivity index (χ0n) is 8.73. The maximum atomic E-state index is 3.37. The normalized spacial score (nSPS) is 9.67.